The molecule has 1 heterocycles. The van der Waals surface area contributed by atoms with Gasteiger partial charge in [0.05, 0.1) is 25.4 Å². The summed E-state index contributed by atoms with van der Waals surface area (Å²) in [5, 5.41) is 75.7. The molecule has 1 aliphatic rings. The summed E-state index contributed by atoms with van der Waals surface area (Å²) in [6, 6.07) is -1.19. The molecule has 1 rings (SSSR count). The molecule has 9 unspecified atom stereocenters. The van der Waals surface area contributed by atoms with Crippen LogP contribution in [0.15, 0.2) is 24.3 Å². The Bertz CT molecular complexity index is 1030. The minimum Gasteiger partial charge on any atom is -0.394 e. The molecule has 354 valence electrons. The van der Waals surface area contributed by atoms with Gasteiger partial charge < -0.3 is 50.5 Å². The first-order valence-electron chi connectivity index (χ1n) is 24.7. The quantitative estimate of drug-likeness (QED) is 0.0218. The van der Waals surface area contributed by atoms with Gasteiger partial charge in [-0.25, -0.2) is 0 Å². The van der Waals surface area contributed by atoms with Crippen LogP contribution >= 0.6 is 0 Å². The maximum absolute atomic E-state index is 13.1. The van der Waals surface area contributed by atoms with Crippen molar-refractivity contribution in [3.63, 3.8) is 0 Å². The molecule has 0 aromatic rings. The van der Waals surface area contributed by atoms with Crippen molar-refractivity contribution in [2.24, 2.45) is 0 Å². The predicted molar refractivity (Wildman–Crippen MR) is 242 cm³/mol. The number of rotatable bonds is 41. The minimum atomic E-state index is -1.67. The van der Waals surface area contributed by atoms with Crippen LogP contribution in [0.25, 0.3) is 0 Å². The van der Waals surface area contributed by atoms with Crippen LogP contribution in [0.1, 0.15) is 213 Å². The van der Waals surface area contributed by atoms with E-state index in [2.05, 4.69) is 43.5 Å². The highest BCUT2D eigenvalue weighted by atomic mass is 16.7. The highest BCUT2D eigenvalue weighted by Crippen LogP contribution is 2.23. The van der Waals surface area contributed by atoms with Gasteiger partial charge in [-0.15, -0.1) is 0 Å². The lowest BCUT2D eigenvalue weighted by atomic mass is 9.98. The van der Waals surface area contributed by atoms with Gasteiger partial charge in [-0.1, -0.05) is 186 Å². The van der Waals surface area contributed by atoms with Crippen molar-refractivity contribution in [1.29, 1.82) is 0 Å². The molecule has 11 nitrogen and oxygen atoms in total. The monoisotopic (exact) mass is 856 g/mol. The smallest absolute Gasteiger partial charge is 0.249 e. The Morgan fingerprint density at radius 2 is 1.00 bits per heavy atom. The number of carbonyl (C=O) groups is 1. The summed E-state index contributed by atoms with van der Waals surface area (Å²) in [6.45, 7) is 3.43. The van der Waals surface area contributed by atoms with E-state index >= 15 is 0 Å². The third kappa shape index (κ3) is 28.3. The molecule has 0 aromatic carbocycles. The van der Waals surface area contributed by atoms with E-state index < -0.39 is 74.2 Å². The van der Waals surface area contributed by atoms with Crippen molar-refractivity contribution in [2.75, 3.05) is 13.2 Å². The van der Waals surface area contributed by atoms with E-state index in [9.17, 15) is 40.5 Å². The van der Waals surface area contributed by atoms with Gasteiger partial charge >= 0.3 is 0 Å². The average molecular weight is 856 g/mol. The van der Waals surface area contributed by atoms with Crippen LogP contribution in [0.4, 0.5) is 0 Å². The second-order valence-electron chi connectivity index (χ2n) is 17.5. The fraction of sp³-hybridized carbons (Fsp3) is 0.898. The van der Waals surface area contributed by atoms with Crippen LogP contribution in [0, 0.1) is 0 Å². The lowest BCUT2D eigenvalue weighted by molar-refractivity contribution is -0.303. The van der Waals surface area contributed by atoms with Crippen LogP contribution in [0.3, 0.4) is 0 Å². The normalized spacial score (nSPS) is 21.8. The zero-order chi connectivity index (χ0) is 44.1. The third-order valence-electron chi connectivity index (χ3n) is 12.0. The van der Waals surface area contributed by atoms with Gasteiger partial charge in [0.15, 0.2) is 6.29 Å². The molecule has 0 aromatic heterocycles. The van der Waals surface area contributed by atoms with Gasteiger partial charge in [0.2, 0.25) is 5.91 Å². The predicted octanol–water partition coefficient (Wildman–Crippen LogP) is 8.62. The van der Waals surface area contributed by atoms with Crippen molar-refractivity contribution < 1.29 is 50.0 Å². The van der Waals surface area contributed by atoms with Gasteiger partial charge in [-0.3, -0.25) is 4.79 Å². The van der Waals surface area contributed by atoms with E-state index in [1.807, 2.05) is 0 Å². The maximum Gasteiger partial charge on any atom is 0.249 e. The topological polar surface area (TPSA) is 189 Å². The summed E-state index contributed by atoms with van der Waals surface area (Å²) < 4.78 is 11.1. The molecule has 1 amide bonds. The van der Waals surface area contributed by atoms with Gasteiger partial charge in [0.1, 0.15) is 36.6 Å². The second-order valence-corrected chi connectivity index (χ2v) is 17.5. The number of nitrogens with one attached hydrogen (secondary N) is 1. The number of hydrogen-bond acceptors (Lipinski definition) is 10. The van der Waals surface area contributed by atoms with Gasteiger partial charge in [0, 0.05) is 0 Å². The first-order valence-corrected chi connectivity index (χ1v) is 24.7. The highest BCUT2D eigenvalue weighted by molar-refractivity contribution is 5.80. The molecule has 9 atom stereocenters. The van der Waals surface area contributed by atoms with Crippen molar-refractivity contribution in [2.45, 2.75) is 268 Å². The van der Waals surface area contributed by atoms with E-state index in [1.165, 1.54) is 128 Å². The van der Waals surface area contributed by atoms with Crippen LogP contribution in [0.2, 0.25) is 0 Å². The molecule has 0 bridgehead atoms. The van der Waals surface area contributed by atoms with Crippen LogP contribution < -0.4 is 5.32 Å². The molecule has 0 saturated carbocycles. The van der Waals surface area contributed by atoms with Crippen molar-refractivity contribution in [3.05, 3.63) is 24.3 Å². The number of ether oxygens (including phenoxy) is 2. The van der Waals surface area contributed by atoms with Crippen molar-refractivity contribution in [3.8, 4) is 0 Å². The first kappa shape index (κ1) is 56.6. The lowest BCUT2D eigenvalue weighted by Crippen LogP contribution is -2.60. The zero-order valence-electron chi connectivity index (χ0n) is 38.2. The van der Waals surface area contributed by atoms with E-state index in [-0.39, 0.29) is 12.8 Å². The van der Waals surface area contributed by atoms with Gasteiger partial charge in [0.25, 0.3) is 0 Å². The molecular weight excluding hydrogens is 763 g/mol. The summed E-state index contributed by atoms with van der Waals surface area (Å²) in [5.41, 5.74) is 0. The number of aliphatic hydroxyl groups excluding tert-OH is 7. The molecule has 8 N–H and O–H groups in total. The Balaban J connectivity index is 2.45. The van der Waals surface area contributed by atoms with Crippen LogP contribution in [-0.4, -0.2) is 110 Å². The molecule has 1 aliphatic heterocycles. The van der Waals surface area contributed by atoms with Crippen LogP contribution in [0.5, 0.6) is 0 Å². The standard InChI is InChI=1S/C49H93NO10/c1-3-5-7-9-11-13-15-17-19-20-21-23-24-26-28-30-32-34-36-41(52)44(54)40(39-59-49-47(57)46(56)45(55)43(38-51)60-49)50-48(58)42(53)37-35-33-31-29-27-25-22-18-16-14-12-10-8-6-4-2/h21,23,28,30,40-47,49,51-57H,3-20,22,24-27,29,31-39H2,1-2H3,(H,50,58)/b23-21+,30-28+. The summed E-state index contributed by atoms with van der Waals surface area (Å²) in [4.78, 5) is 13.1. The summed E-state index contributed by atoms with van der Waals surface area (Å²) in [7, 11) is 0. The molecule has 1 fully saturated rings. The van der Waals surface area contributed by atoms with Gasteiger partial charge in [-0.2, -0.15) is 0 Å². The molecule has 11 heteroatoms. The molecule has 60 heavy (non-hydrogen) atoms. The molecular formula is C49H93NO10. The lowest BCUT2D eigenvalue weighted by Gasteiger charge is -2.40. The maximum atomic E-state index is 13.1. The van der Waals surface area contributed by atoms with E-state index in [4.69, 9.17) is 9.47 Å². The Morgan fingerprint density at radius 3 is 1.48 bits per heavy atom. The Hall–Kier alpha value is -1.41. The minimum absolute atomic E-state index is 0.248. The first-order chi connectivity index (χ1) is 29.2. The number of carbonyl (C=O) groups excluding carboxylic acids is 1. The highest BCUT2D eigenvalue weighted by Gasteiger charge is 2.44. The van der Waals surface area contributed by atoms with Crippen molar-refractivity contribution in [1.82, 2.24) is 5.32 Å². The Labute approximate surface area is 365 Å². The summed E-state index contributed by atoms with van der Waals surface area (Å²) >= 11 is 0. The fourth-order valence-electron chi connectivity index (χ4n) is 7.87. The molecule has 0 radical (unpaired) electrons. The largest absolute Gasteiger partial charge is 0.394 e. The summed E-state index contributed by atoms with van der Waals surface area (Å²) in [6.07, 6.45) is 32.2. The number of hydrogen-bond donors (Lipinski definition) is 8. The zero-order valence-corrected chi connectivity index (χ0v) is 38.2. The number of allylic oxidation sites excluding steroid dienone is 4. The van der Waals surface area contributed by atoms with Crippen LogP contribution in [-0.2, 0) is 14.3 Å². The van der Waals surface area contributed by atoms with Gasteiger partial charge in [-0.05, 0) is 51.4 Å². The number of unbranched alkanes of at least 4 members (excludes halogenated alkanes) is 25. The van der Waals surface area contributed by atoms with Crippen molar-refractivity contribution >= 4 is 5.91 Å². The molecule has 0 spiro atoms. The number of amides is 1. The molecule has 0 aliphatic carbocycles. The Kier molecular flexibility index (Phi) is 37.0. The second kappa shape index (κ2) is 39.2. The molecule has 1 saturated heterocycles. The van der Waals surface area contributed by atoms with E-state index in [0.29, 0.717) is 19.3 Å². The Morgan fingerprint density at radius 1 is 0.567 bits per heavy atom. The third-order valence-corrected chi connectivity index (χ3v) is 12.0. The van der Waals surface area contributed by atoms with E-state index in [1.54, 1.807) is 0 Å². The fourth-order valence-corrected chi connectivity index (χ4v) is 7.87. The SMILES string of the molecule is CCCCCCCCCCC/C=C/CC/C=C/CCCC(O)C(O)C(COC1OC(CO)C(O)C(O)C1O)NC(=O)C(O)CCCCCCCCCCCCCCCCC. The van der Waals surface area contributed by atoms with E-state index in [0.717, 1.165) is 38.5 Å². The average Bonchev–Trinajstić information content (AvgIpc) is 3.25. The summed E-state index contributed by atoms with van der Waals surface area (Å²) in [5.74, 6) is -0.709. The number of aliphatic hydroxyl groups is 7.